The van der Waals surface area contributed by atoms with Crippen LogP contribution < -0.4 is 20.3 Å². The minimum absolute atomic E-state index is 0.166. The third kappa shape index (κ3) is 7.33. The van der Waals surface area contributed by atoms with Crippen molar-refractivity contribution >= 4 is 29.2 Å². The highest BCUT2D eigenvalue weighted by molar-refractivity contribution is 6.30. The predicted octanol–water partition coefficient (Wildman–Crippen LogP) is 4.82. The summed E-state index contributed by atoms with van der Waals surface area (Å²) in [5.74, 6) is -3.62. The van der Waals surface area contributed by atoms with Crippen molar-refractivity contribution in [1.82, 2.24) is 24.5 Å². The Balaban J connectivity index is 1.30. The van der Waals surface area contributed by atoms with Gasteiger partial charge in [0.1, 0.15) is 30.6 Å². The number of esters is 1. The van der Waals surface area contributed by atoms with Gasteiger partial charge in [0.2, 0.25) is 0 Å². The van der Waals surface area contributed by atoms with Crippen LogP contribution >= 0.6 is 11.6 Å². The maximum atomic E-state index is 13.9. The molecule has 12 nitrogen and oxygen atoms in total. The second-order valence-electron chi connectivity index (χ2n) is 11.6. The van der Waals surface area contributed by atoms with Crippen molar-refractivity contribution in [2.24, 2.45) is 0 Å². The van der Waals surface area contributed by atoms with E-state index < -0.39 is 55.2 Å². The number of ether oxygens (including phenoxy) is 4. The number of hydrogen-bond acceptors (Lipinski definition) is 9. The Kier molecular flexibility index (Phi) is 8.45. The first-order valence-corrected chi connectivity index (χ1v) is 14.1. The van der Waals surface area contributed by atoms with Crippen molar-refractivity contribution in [3.8, 4) is 28.4 Å². The molecule has 3 heterocycles. The van der Waals surface area contributed by atoms with E-state index >= 15 is 0 Å². The molecule has 1 aliphatic carbocycles. The summed E-state index contributed by atoms with van der Waals surface area (Å²) < 4.78 is 52.3. The van der Waals surface area contributed by atoms with Crippen molar-refractivity contribution < 1.29 is 37.3 Å². The van der Waals surface area contributed by atoms with E-state index in [0.717, 1.165) is 0 Å². The Hall–Kier alpha value is -4.72. The molecule has 45 heavy (non-hydrogen) atoms. The summed E-state index contributed by atoms with van der Waals surface area (Å²) in [5, 5.41) is 7.06. The maximum absolute atomic E-state index is 13.9. The minimum Gasteiger partial charge on any atom is -0.493 e. The van der Waals surface area contributed by atoms with E-state index in [9.17, 15) is 23.2 Å². The number of alkyl halides is 2. The van der Waals surface area contributed by atoms with Crippen molar-refractivity contribution in [3.63, 3.8) is 0 Å². The van der Waals surface area contributed by atoms with Crippen LogP contribution in [0.4, 0.5) is 13.6 Å². The number of nitrogens with zero attached hydrogens (tertiary/aromatic N) is 4. The molecule has 1 amide bonds. The second-order valence-corrected chi connectivity index (χ2v) is 12.0. The molecule has 0 unspecified atom stereocenters. The standard InChI is InChI=1S/C30H30ClF2N5O7/c1-28(2,3)45-27(41)35-12-25(39)44-29(14-30(32,33)15-29)16-43-23-8-6-20(10-24(23)42-4)37-17-36-38-13-18(9-22(38)26(37)40)21-7-5-19(31)11-34-21/h5-11,13,17H,12,14-16H2,1-4H3,(H,35,41). The number of halogens is 3. The molecule has 0 saturated heterocycles. The van der Waals surface area contributed by atoms with Crippen LogP contribution in [-0.2, 0) is 14.3 Å². The number of benzene rings is 1. The molecule has 0 bridgehead atoms. The predicted molar refractivity (Wildman–Crippen MR) is 158 cm³/mol. The number of hydrogen-bond donors (Lipinski definition) is 1. The van der Waals surface area contributed by atoms with E-state index in [1.165, 1.54) is 40.8 Å². The van der Waals surface area contributed by atoms with Gasteiger partial charge in [-0.05, 0) is 51.1 Å². The summed E-state index contributed by atoms with van der Waals surface area (Å²) in [6.07, 6.45) is 2.16. The molecule has 0 aliphatic heterocycles. The number of nitrogens with one attached hydrogen (secondary N) is 1. The summed E-state index contributed by atoms with van der Waals surface area (Å²) >= 11 is 5.93. The van der Waals surface area contributed by atoms with Gasteiger partial charge in [0, 0.05) is 24.0 Å². The largest absolute Gasteiger partial charge is 0.493 e. The van der Waals surface area contributed by atoms with Gasteiger partial charge < -0.3 is 24.3 Å². The van der Waals surface area contributed by atoms with E-state index in [-0.39, 0.29) is 17.1 Å². The van der Waals surface area contributed by atoms with Crippen LogP contribution in [-0.4, -0.2) is 68.6 Å². The molecule has 1 saturated carbocycles. The number of carbonyl (C=O) groups excluding carboxylic acids is 2. The number of fused-ring (bicyclic) bond motifs is 1. The number of alkyl carbamates (subject to hydrolysis) is 1. The smallest absolute Gasteiger partial charge is 0.408 e. The van der Waals surface area contributed by atoms with E-state index in [4.69, 9.17) is 30.5 Å². The lowest BCUT2D eigenvalue weighted by Gasteiger charge is -2.45. The van der Waals surface area contributed by atoms with Crippen LogP contribution in [0, 0.1) is 0 Å². The van der Waals surface area contributed by atoms with Crippen molar-refractivity contribution in [2.75, 3.05) is 20.3 Å². The molecule has 4 aromatic rings. The Bertz CT molecular complexity index is 1790. The van der Waals surface area contributed by atoms with E-state index in [2.05, 4.69) is 15.4 Å². The van der Waals surface area contributed by atoms with E-state index in [0.29, 0.717) is 27.5 Å². The molecule has 0 radical (unpaired) electrons. The Morgan fingerprint density at radius 3 is 2.51 bits per heavy atom. The molecule has 238 valence electrons. The van der Waals surface area contributed by atoms with Crippen LogP contribution in [0.25, 0.3) is 22.5 Å². The SMILES string of the molecule is COc1cc(-n2cnn3cc(-c4ccc(Cl)cn4)cc3c2=O)ccc1OCC1(OC(=O)CNC(=O)OC(C)(C)C)CC(F)(F)C1. The third-order valence-electron chi connectivity index (χ3n) is 6.74. The van der Waals surface area contributed by atoms with Crippen LogP contribution in [0.15, 0.2) is 59.9 Å². The molecule has 15 heteroatoms. The van der Waals surface area contributed by atoms with E-state index in [1.54, 1.807) is 51.2 Å². The normalized spacial score (nSPS) is 15.2. The molecule has 1 aliphatic rings. The number of pyridine rings is 1. The van der Waals surface area contributed by atoms with Crippen LogP contribution in [0.3, 0.4) is 0 Å². The summed E-state index contributed by atoms with van der Waals surface area (Å²) in [5.41, 5.74) is -0.804. The lowest BCUT2D eigenvalue weighted by molar-refractivity contribution is -0.233. The Labute approximate surface area is 260 Å². The lowest BCUT2D eigenvalue weighted by atomic mass is 9.77. The highest BCUT2D eigenvalue weighted by Gasteiger charge is 2.60. The summed E-state index contributed by atoms with van der Waals surface area (Å²) in [4.78, 5) is 41.9. The van der Waals surface area contributed by atoms with Crippen molar-refractivity contribution in [3.05, 3.63) is 70.5 Å². The molecule has 1 aromatic carbocycles. The van der Waals surface area contributed by atoms with Gasteiger partial charge in [-0.2, -0.15) is 5.10 Å². The molecule has 5 rings (SSSR count). The van der Waals surface area contributed by atoms with Gasteiger partial charge in [-0.3, -0.25) is 19.1 Å². The second kappa shape index (κ2) is 12.0. The molecule has 3 aromatic heterocycles. The van der Waals surface area contributed by atoms with Crippen molar-refractivity contribution in [2.45, 2.75) is 50.7 Å². The fourth-order valence-corrected chi connectivity index (χ4v) is 4.94. The van der Waals surface area contributed by atoms with Gasteiger partial charge in [0.25, 0.3) is 11.5 Å². The fourth-order valence-electron chi connectivity index (χ4n) is 4.83. The molecule has 1 fully saturated rings. The van der Waals surface area contributed by atoms with Crippen LogP contribution in [0.2, 0.25) is 5.02 Å². The Morgan fingerprint density at radius 2 is 1.87 bits per heavy atom. The van der Waals surface area contributed by atoms with Gasteiger partial charge in [-0.1, -0.05) is 11.6 Å². The molecule has 1 N–H and O–H groups in total. The van der Waals surface area contributed by atoms with Gasteiger partial charge in [-0.15, -0.1) is 0 Å². The summed E-state index contributed by atoms with van der Waals surface area (Å²) in [6.45, 7) is 3.98. The zero-order valence-electron chi connectivity index (χ0n) is 24.8. The zero-order chi connectivity index (χ0) is 32.6. The quantitative estimate of drug-likeness (QED) is 0.254. The lowest BCUT2D eigenvalue weighted by Crippen LogP contribution is -2.58. The highest BCUT2D eigenvalue weighted by Crippen LogP contribution is 2.48. The van der Waals surface area contributed by atoms with E-state index in [1.807, 2.05) is 0 Å². The summed E-state index contributed by atoms with van der Waals surface area (Å²) in [6, 6.07) is 9.69. The maximum Gasteiger partial charge on any atom is 0.408 e. The topological polar surface area (TPSA) is 135 Å². The van der Waals surface area contributed by atoms with Gasteiger partial charge in [0.05, 0.1) is 36.4 Å². The average Bonchev–Trinajstić information content (AvgIpc) is 3.39. The number of amides is 1. The Morgan fingerprint density at radius 1 is 1.11 bits per heavy atom. The van der Waals surface area contributed by atoms with Crippen LogP contribution in [0.1, 0.15) is 33.6 Å². The third-order valence-corrected chi connectivity index (χ3v) is 6.96. The zero-order valence-corrected chi connectivity index (χ0v) is 25.6. The molecule has 0 spiro atoms. The number of methoxy groups -OCH3 is 1. The first kappa shape index (κ1) is 31.7. The first-order valence-electron chi connectivity index (χ1n) is 13.8. The van der Waals surface area contributed by atoms with Gasteiger partial charge in [-0.25, -0.2) is 18.1 Å². The molecular weight excluding hydrogens is 616 g/mol. The average molecular weight is 646 g/mol. The monoisotopic (exact) mass is 645 g/mol. The number of aromatic nitrogens is 4. The minimum atomic E-state index is -3.05. The van der Waals surface area contributed by atoms with Crippen molar-refractivity contribution in [1.29, 1.82) is 0 Å². The molecule has 0 atom stereocenters. The van der Waals surface area contributed by atoms with Gasteiger partial charge in [0.15, 0.2) is 17.1 Å². The summed E-state index contributed by atoms with van der Waals surface area (Å²) in [7, 11) is 1.38. The highest BCUT2D eigenvalue weighted by atomic mass is 35.5. The number of rotatable bonds is 9. The van der Waals surface area contributed by atoms with Gasteiger partial charge >= 0.3 is 12.1 Å². The van der Waals surface area contributed by atoms with Crippen LogP contribution in [0.5, 0.6) is 11.5 Å². The number of carbonyl (C=O) groups is 2. The molecular formula is C30H30ClF2N5O7. The fraction of sp³-hybridized carbons (Fsp3) is 0.367. The first-order chi connectivity index (χ1) is 21.2.